The largest absolute Gasteiger partial charge is 0.397 e. The number of hydrogen-bond donors (Lipinski definition) is 6. The summed E-state index contributed by atoms with van der Waals surface area (Å²) in [6.45, 7) is -1.23. The van der Waals surface area contributed by atoms with E-state index < -0.39 is 90.2 Å². The maximum Gasteiger partial charge on any atom is 0.353 e. The summed E-state index contributed by atoms with van der Waals surface area (Å²) in [5, 5.41) is 22.3. The van der Waals surface area contributed by atoms with Crippen LogP contribution in [0.25, 0.3) is 22.3 Å². The molecule has 4 unspecified atom stereocenters. The molecule has 0 spiro atoms. The van der Waals surface area contributed by atoms with Crippen LogP contribution < -0.4 is 11.5 Å². The molecule has 3 aliphatic heterocycles. The van der Waals surface area contributed by atoms with E-state index in [0.717, 1.165) is 0 Å². The summed E-state index contributed by atoms with van der Waals surface area (Å²) >= 11 is 0. The number of pyridine rings is 1. The number of rotatable bonds is 2. The second-order valence-electron chi connectivity index (χ2n) is 10.8. The Balaban J connectivity index is 1.16. The maximum atomic E-state index is 13.1. The molecule has 4 aromatic rings. The third kappa shape index (κ3) is 5.68. The molecule has 10 atom stereocenters. The Bertz CT molecular complexity index is 1860. The zero-order chi connectivity index (χ0) is 32.4. The predicted molar refractivity (Wildman–Crippen MR) is 153 cm³/mol. The molecule has 0 saturated carbocycles. The maximum absolute atomic E-state index is 13.1. The number of nitrogens with zero attached hydrogens (tertiary/aromatic N) is 7. The Kier molecular flexibility index (Phi) is 8.07. The molecule has 2 bridgehead atoms. The molecule has 248 valence electrons. The van der Waals surface area contributed by atoms with E-state index in [0.29, 0.717) is 11.2 Å². The molecule has 8 N–H and O–H groups in total. The number of hydrogen-bond acceptors (Lipinski definition) is 17. The summed E-state index contributed by atoms with van der Waals surface area (Å²) in [6, 6.07) is 1.54. The zero-order valence-corrected chi connectivity index (χ0v) is 25.4. The van der Waals surface area contributed by atoms with Crippen molar-refractivity contribution in [2.24, 2.45) is 0 Å². The number of ether oxygens (including phenoxy) is 4. The first-order valence-electron chi connectivity index (χ1n) is 13.8. The minimum Gasteiger partial charge on any atom is -0.397 e. The first kappa shape index (κ1) is 31.4. The lowest BCUT2D eigenvalue weighted by molar-refractivity contribution is -0.0696. The number of imidazole rings is 2. The van der Waals surface area contributed by atoms with Crippen LogP contribution in [0.3, 0.4) is 0 Å². The summed E-state index contributed by atoms with van der Waals surface area (Å²) in [7, 11) is -9.13. The van der Waals surface area contributed by atoms with Gasteiger partial charge in [0.1, 0.15) is 66.7 Å². The van der Waals surface area contributed by atoms with Gasteiger partial charge in [-0.3, -0.25) is 18.3 Å². The fraction of sp³-hybridized carbons (Fsp3) is 0.522. The monoisotopic (exact) mass is 685 g/mol. The van der Waals surface area contributed by atoms with Crippen molar-refractivity contribution in [3.8, 4) is 0 Å². The number of fused-ring (bicyclic) bond motifs is 5. The Morgan fingerprint density at radius 2 is 1.37 bits per heavy atom. The van der Waals surface area contributed by atoms with Crippen molar-refractivity contribution in [3.05, 3.63) is 31.2 Å². The van der Waals surface area contributed by atoms with Crippen LogP contribution in [0.15, 0.2) is 31.2 Å². The van der Waals surface area contributed by atoms with Gasteiger partial charge in [0.15, 0.2) is 29.6 Å². The van der Waals surface area contributed by atoms with Crippen LogP contribution in [0, 0.1) is 0 Å². The fourth-order valence-electron chi connectivity index (χ4n) is 5.56. The lowest BCUT2D eigenvalue weighted by Crippen LogP contribution is -2.37. The first-order chi connectivity index (χ1) is 21.9. The summed E-state index contributed by atoms with van der Waals surface area (Å²) < 4.78 is 62.7. The van der Waals surface area contributed by atoms with E-state index >= 15 is 0 Å². The van der Waals surface area contributed by atoms with E-state index in [1.165, 1.54) is 34.3 Å². The molecule has 23 heteroatoms. The highest BCUT2D eigenvalue weighted by Crippen LogP contribution is 2.48. The van der Waals surface area contributed by atoms with E-state index in [-0.39, 0.29) is 22.6 Å². The SMILES string of the molecule is Nc1ncnc2c1ncn2[C@@H]1O[C@@H]2COP(=O)(O)CO[C@H]3C(O)[C@H](n4cnc5c(N)ccnc54)O[C@@H]3COP(=O)(O)COC1[C@@H]2O. The van der Waals surface area contributed by atoms with Gasteiger partial charge >= 0.3 is 15.2 Å². The van der Waals surface area contributed by atoms with Crippen molar-refractivity contribution in [2.75, 3.05) is 37.4 Å². The average molecular weight is 685 g/mol. The molecule has 0 aliphatic carbocycles. The van der Waals surface area contributed by atoms with Gasteiger partial charge in [0.05, 0.1) is 31.6 Å². The fourth-order valence-corrected chi connectivity index (χ4v) is 7.19. The van der Waals surface area contributed by atoms with Gasteiger partial charge in [0.25, 0.3) is 0 Å². The van der Waals surface area contributed by atoms with E-state index in [4.69, 9.17) is 39.5 Å². The highest BCUT2D eigenvalue weighted by atomic mass is 31.2. The highest BCUT2D eigenvalue weighted by molar-refractivity contribution is 7.52. The Morgan fingerprint density at radius 1 is 0.761 bits per heavy atom. The lowest BCUT2D eigenvalue weighted by Gasteiger charge is -2.24. The van der Waals surface area contributed by atoms with E-state index in [9.17, 15) is 29.1 Å². The number of anilines is 2. The van der Waals surface area contributed by atoms with Gasteiger partial charge < -0.3 is 59.5 Å². The molecule has 3 saturated heterocycles. The van der Waals surface area contributed by atoms with Crippen LogP contribution in [0.2, 0.25) is 0 Å². The van der Waals surface area contributed by atoms with Gasteiger partial charge in [-0.05, 0) is 6.07 Å². The van der Waals surface area contributed by atoms with Crippen LogP contribution >= 0.6 is 15.2 Å². The van der Waals surface area contributed by atoms with Crippen molar-refractivity contribution >= 4 is 49.0 Å². The van der Waals surface area contributed by atoms with Crippen molar-refractivity contribution in [3.63, 3.8) is 0 Å². The molecular formula is C23H29N9O12P2. The van der Waals surface area contributed by atoms with Crippen LogP contribution in [-0.2, 0) is 37.1 Å². The Labute approximate surface area is 258 Å². The predicted octanol–water partition coefficient (Wildman–Crippen LogP) is -0.945. The standard InChI is InChI=1S/C23H29N9O12P2/c24-10-1-2-26-20-13(10)29-6-31(20)22-16(34)17-12(44-22)4-42-46(37,38)9-40-18-15(33)11(3-41-45(35,36)8-39-17)43-23(18)32-7-30-14-19(25)27-5-28-21(14)32/h1-2,5-7,11-12,15-18,22-23,33-34H,3-4,8-9H2,(H2,24,26)(H,35,36)(H,37,38)(H2,25,27,28)/t11-,12-,15-,16?,17-,18?,22-,23-/m1/s1. The minimum atomic E-state index is -4.57. The third-order valence-electron chi connectivity index (χ3n) is 7.79. The lowest BCUT2D eigenvalue weighted by atomic mass is 10.1. The number of nitrogen functional groups attached to an aromatic ring is 2. The smallest absolute Gasteiger partial charge is 0.353 e. The molecule has 0 aromatic carbocycles. The van der Waals surface area contributed by atoms with Gasteiger partial charge in [-0.15, -0.1) is 0 Å². The second-order valence-corrected chi connectivity index (χ2v) is 14.4. The molecule has 7 rings (SSSR count). The van der Waals surface area contributed by atoms with Gasteiger partial charge in [0, 0.05) is 6.20 Å². The summed E-state index contributed by atoms with van der Waals surface area (Å²) in [5.41, 5.74) is 13.2. The van der Waals surface area contributed by atoms with Gasteiger partial charge in [-0.2, -0.15) is 0 Å². The normalized spacial score (nSPS) is 37.7. The van der Waals surface area contributed by atoms with Crippen molar-refractivity contribution in [1.82, 2.24) is 34.1 Å². The number of aliphatic hydroxyl groups excluding tert-OH is 2. The van der Waals surface area contributed by atoms with Crippen molar-refractivity contribution in [1.29, 1.82) is 0 Å². The second kappa shape index (κ2) is 11.8. The third-order valence-corrected chi connectivity index (χ3v) is 9.85. The molecule has 3 aliphatic rings. The van der Waals surface area contributed by atoms with E-state index in [1.807, 2.05) is 0 Å². The minimum absolute atomic E-state index is 0.0741. The van der Waals surface area contributed by atoms with Crippen LogP contribution in [0.1, 0.15) is 12.5 Å². The highest BCUT2D eigenvalue weighted by Gasteiger charge is 2.50. The van der Waals surface area contributed by atoms with E-state index in [1.54, 1.807) is 6.07 Å². The molecule has 4 aromatic heterocycles. The van der Waals surface area contributed by atoms with Gasteiger partial charge in [-0.1, -0.05) is 0 Å². The molecular weight excluding hydrogens is 656 g/mol. The van der Waals surface area contributed by atoms with E-state index in [2.05, 4.69) is 24.9 Å². The molecule has 21 nitrogen and oxygen atoms in total. The molecule has 3 fully saturated rings. The number of aliphatic hydroxyl groups is 2. The summed E-state index contributed by atoms with van der Waals surface area (Å²) in [6.07, 6.45) is -7.16. The zero-order valence-electron chi connectivity index (χ0n) is 23.6. The quantitative estimate of drug-likeness (QED) is 0.139. The number of aromatic nitrogens is 7. The van der Waals surface area contributed by atoms with Gasteiger partial charge in [0.2, 0.25) is 0 Å². The van der Waals surface area contributed by atoms with Gasteiger partial charge in [-0.25, -0.2) is 24.9 Å². The molecule has 7 heterocycles. The Morgan fingerprint density at radius 3 is 2.11 bits per heavy atom. The first-order valence-corrected chi connectivity index (χ1v) is 17.3. The van der Waals surface area contributed by atoms with Crippen molar-refractivity contribution in [2.45, 2.75) is 49.1 Å². The molecule has 0 radical (unpaired) electrons. The van der Waals surface area contributed by atoms with Crippen molar-refractivity contribution < 1.29 is 57.1 Å². The summed E-state index contributed by atoms with van der Waals surface area (Å²) in [5.74, 6) is 0.0741. The van der Waals surface area contributed by atoms with Crippen LogP contribution in [0.5, 0.6) is 0 Å². The topological polar surface area (TPSA) is 297 Å². The Hall–Kier alpha value is -3.17. The van der Waals surface area contributed by atoms with Crippen LogP contribution in [-0.4, -0.2) is 117 Å². The molecule has 46 heavy (non-hydrogen) atoms. The van der Waals surface area contributed by atoms with Crippen LogP contribution in [0.4, 0.5) is 11.5 Å². The summed E-state index contributed by atoms with van der Waals surface area (Å²) in [4.78, 5) is 41.9. The average Bonchev–Trinajstić information content (AvgIpc) is 3.77. The molecule has 0 amide bonds. The number of nitrogens with two attached hydrogens (primary N) is 2.